The molecule has 0 radical (unpaired) electrons. The minimum absolute atomic E-state index is 0.531. The molecule has 0 saturated carbocycles. The normalized spacial score (nSPS) is 11.9. The van der Waals surface area contributed by atoms with Gasteiger partial charge in [-0.25, -0.2) is 4.98 Å². The summed E-state index contributed by atoms with van der Waals surface area (Å²) in [5, 5.41) is 9.38. The fourth-order valence-electron chi connectivity index (χ4n) is 12.1. The van der Waals surface area contributed by atoms with Gasteiger partial charge in [0.1, 0.15) is 0 Å². The van der Waals surface area contributed by atoms with Crippen LogP contribution >= 0.6 is 0 Å². The van der Waals surface area contributed by atoms with Crippen LogP contribution in [0.3, 0.4) is 0 Å². The summed E-state index contributed by atoms with van der Waals surface area (Å²) in [5.41, 5.74) is 16.2. The molecular weight excluding hydrogens is 927 g/mol. The zero-order chi connectivity index (χ0) is 49.8. The molecule has 0 unspecified atom stereocenters. The Labute approximate surface area is 436 Å². The SMILES string of the molecule is c1ccc(-c2ccc(-n3c4ccccc4c4ccc5c6cc(-n7c8ccccc8c8ccccc87)ccc6n(-c6nc(-c7ccccc7)nc(-c7ccc(-n8c9ccccc9c9ccccc98)cc7)n6)c5c43)cc2)cc1. The molecule has 5 heterocycles. The summed E-state index contributed by atoms with van der Waals surface area (Å²) in [6.45, 7) is 0. The summed E-state index contributed by atoms with van der Waals surface area (Å²) >= 11 is 0. The van der Waals surface area contributed by atoms with Gasteiger partial charge in [-0.2, -0.15) is 9.97 Å². The van der Waals surface area contributed by atoms with E-state index in [0.29, 0.717) is 17.6 Å². The molecule has 16 rings (SSSR count). The molecule has 354 valence electrons. The lowest BCUT2D eigenvalue weighted by molar-refractivity contribution is 0.953. The third kappa shape index (κ3) is 6.33. The first-order valence-corrected chi connectivity index (χ1v) is 25.8. The molecule has 7 nitrogen and oxygen atoms in total. The number of rotatable bonds is 7. The molecule has 0 fully saturated rings. The monoisotopic (exact) mass is 969 g/mol. The number of hydrogen-bond acceptors (Lipinski definition) is 3. The largest absolute Gasteiger partial charge is 0.309 e. The van der Waals surface area contributed by atoms with Crippen molar-refractivity contribution < 1.29 is 0 Å². The van der Waals surface area contributed by atoms with Crippen LogP contribution in [0.25, 0.3) is 144 Å². The molecule has 0 bridgehead atoms. The van der Waals surface area contributed by atoms with Gasteiger partial charge in [-0.1, -0.05) is 176 Å². The van der Waals surface area contributed by atoms with Crippen LogP contribution in [0, 0.1) is 0 Å². The Morgan fingerprint density at radius 2 is 0.553 bits per heavy atom. The average Bonchev–Trinajstić information content (AvgIpc) is 4.36. The number of para-hydroxylation sites is 5. The van der Waals surface area contributed by atoms with Gasteiger partial charge in [-0.05, 0) is 96.1 Å². The van der Waals surface area contributed by atoms with Gasteiger partial charge < -0.3 is 13.7 Å². The number of hydrogen-bond donors (Lipinski definition) is 0. The van der Waals surface area contributed by atoms with Crippen molar-refractivity contribution in [3.63, 3.8) is 0 Å². The first-order chi connectivity index (χ1) is 37.7. The summed E-state index contributed by atoms with van der Waals surface area (Å²) in [4.78, 5) is 16.3. The van der Waals surface area contributed by atoms with E-state index in [1.165, 1.54) is 32.5 Å². The third-order valence-corrected chi connectivity index (χ3v) is 15.4. The van der Waals surface area contributed by atoms with Crippen molar-refractivity contribution in [2.24, 2.45) is 0 Å². The molecule has 0 aliphatic rings. The van der Waals surface area contributed by atoms with E-state index in [1.54, 1.807) is 0 Å². The maximum atomic E-state index is 5.55. The summed E-state index contributed by atoms with van der Waals surface area (Å²) < 4.78 is 9.46. The standard InChI is InChI=1S/C69H43N7/c1-3-17-44(18-4-1)45-31-35-49(36-32-45)75-63-30-16-11-25-55(63)56-40-41-57-58-43-50(74-61-28-14-9-23-53(61)54-24-10-15-29-62(54)74)39-42-64(58)76(66(57)65(56)75)69-71-67(46-19-5-2-6-20-46)70-68(72-69)47-33-37-48(38-34-47)73-59-26-12-7-21-51(59)52-22-8-13-27-60(52)73/h1-43H. The van der Waals surface area contributed by atoms with E-state index in [2.05, 4.69) is 261 Å². The molecule has 76 heavy (non-hydrogen) atoms. The lowest BCUT2D eigenvalue weighted by Crippen LogP contribution is -2.07. The van der Waals surface area contributed by atoms with Crippen LogP contribution in [0.1, 0.15) is 0 Å². The van der Waals surface area contributed by atoms with Crippen LogP contribution < -0.4 is 0 Å². The Balaban J connectivity index is 0.979. The highest BCUT2D eigenvalue weighted by molar-refractivity contribution is 6.24. The van der Waals surface area contributed by atoms with Crippen molar-refractivity contribution >= 4 is 87.2 Å². The first kappa shape index (κ1) is 42.2. The second-order valence-corrected chi connectivity index (χ2v) is 19.6. The summed E-state index contributed by atoms with van der Waals surface area (Å²) in [5.74, 6) is 1.70. The van der Waals surface area contributed by atoms with Gasteiger partial charge in [0.25, 0.3) is 0 Å². The highest BCUT2D eigenvalue weighted by atomic mass is 15.2. The van der Waals surface area contributed by atoms with E-state index >= 15 is 0 Å². The van der Waals surface area contributed by atoms with E-state index in [4.69, 9.17) is 15.0 Å². The van der Waals surface area contributed by atoms with E-state index in [0.717, 1.165) is 94.0 Å². The van der Waals surface area contributed by atoms with Gasteiger partial charge in [-0.15, -0.1) is 0 Å². The summed E-state index contributed by atoms with van der Waals surface area (Å²) in [6.07, 6.45) is 0. The molecule has 16 aromatic rings. The van der Waals surface area contributed by atoms with Gasteiger partial charge in [0.05, 0.1) is 44.1 Å². The Bertz CT molecular complexity index is 4860. The fourth-order valence-corrected chi connectivity index (χ4v) is 12.1. The molecule has 5 aromatic heterocycles. The van der Waals surface area contributed by atoms with Crippen molar-refractivity contribution in [3.05, 3.63) is 261 Å². The van der Waals surface area contributed by atoms with Crippen molar-refractivity contribution in [2.45, 2.75) is 0 Å². The predicted octanol–water partition coefficient (Wildman–Crippen LogP) is 17.3. The lowest BCUT2D eigenvalue weighted by Gasteiger charge is -2.14. The van der Waals surface area contributed by atoms with Crippen molar-refractivity contribution in [1.29, 1.82) is 0 Å². The zero-order valence-corrected chi connectivity index (χ0v) is 41.0. The quantitative estimate of drug-likeness (QED) is 0.160. The molecule has 0 atom stereocenters. The van der Waals surface area contributed by atoms with Crippen LogP contribution in [0.15, 0.2) is 261 Å². The topological polar surface area (TPSA) is 58.4 Å². The van der Waals surface area contributed by atoms with E-state index in [9.17, 15) is 0 Å². The molecule has 7 heteroatoms. The molecule has 0 aliphatic heterocycles. The molecule has 0 spiro atoms. The number of fused-ring (bicyclic) bond motifs is 13. The molecule has 0 saturated heterocycles. The van der Waals surface area contributed by atoms with Gasteiger partial charge >= 0.3 is 0 Å². The maximum absolute atomic E-state index is 5.55. The Hall–Kier alpha value is -10.4. The Morgan fingerprint density at radius 3 is 1.08 bits per heavy atom. The molecular formula is C69H43N7. The Kier molecular flexibility index (Phi) is 9.20. The smallest absolute Gasteiger partial charge is 0.238 e. The van der Waals surface area contributed by atoms with Crippen molar-refractivity contribution in [1.82, 2.24) is 33.2 Å². The number of nitrogens with zero attached hydrogens (tertiary/aromatic N) is 7. The van der Waals surface area contributed by atoms with Crippen LogP contribution in [-0.2, 0) is 0 Å². The average molecular weight is 970 g/mol. The number of benzene rings is 11. The molecule has 0 amide bonds. The van der Waals surface area contributed by atoms with Crippen LogP contribution in [0.4, 0.5) is 0 Å². The maximum Gasteiger partial charge on any atom is 0.238 e. The fraction of sp³-hybridized carbons (Fsp3) is 0. The molecule has 0 aliphatic carbocycles. The van der Waals surface area contributed by atoms with Crippen LogP contribution in [0.2, 0.25) is 0 Å². The lowest BCUT2D eigenvalue weighted by atomic mass is 10.1. The van der Waals surface area contributed by atoms with E-state index < -0.39 is 0 Å². The second kappa shape index (κ2) is 16.6. The summed E-state index contributed by atoms with van der Waals surface area (Å²) in [7, 11) is 0. The first-order valence-electron chi connectivity index (χ1n) is 25.8. The minimum Gasteiger partial charge on any atom is -0.309 e. The van der Waals surface area contributed by atoms with E-state index in [-0.39, 0.29) is 0 Å². The highest BCUT2D eigenvalue weighted by Crippen LogP contribution is 2.44. The molecule has 11 aromatic carbocycles. The molecule has 0 N–H and O–H groups in total. The Morgan fingerprint density at radius 1 is 0.211 bits per heavy atom. The van der Waals surface area contributed by atoms with Crippen molar-refractivity contribution in [2.75, 3.05) is 0 Å². The predicted molar refractivity (Wildman–Crippen MR) is 313 cm³/mol. The second-order valence-electron chi connectivity index (χ2n) is 19.6. The van der Waals surface area contributed by atoms with Gasteiger partial charge in [0.15, 0.2) is 11.6 Å². The zero-order valence-electron chi connectivity index (χ0n) is 41.0. The van der Waals surface area contributed by atoms with Gasteiger partial charge in [0.2, 0.25) is 5.95 Å². The van der Waals surface area contributed by atoms with Crippen LogP contribution in [0.5, 0.6) is 0 Å². The van der Waals surface area contributed by atoms with Crippen molar-refractivity contribution in [3.8, 4) is 56.9 Å². The third-order valence-electron chi connectivity index (χ3n) is 15.4. The van der Waals surface area contributed by atoms with Crippen LogP contribution in [-0.4, -0.2) is 33.2 Å². The highest BCUT2D eigenvalue weighted by Gasteiger charge is 2.25. The van der Waals surface area contributed by atoms with Gasteiger partial charge in [0, 0.05) is 71.3 Å². The minimum atomic E-state index is 0.531. The van der Waals surface area contributed by atoms with Gasteiger partial charge in [-0.3, -0.25) is 4.57 Å². The summed E-state index contributed by atoms with van der Waals surface area (Å²) in [6, 6.07) is 93.3. The number of aromatic nitrogens is 7. The van der Waals surface area contributed by atoms with E-state index in [1.807, 2.05) is 18.2 Å².